The van der Waals surface area contributed by atoms with Crippen molar-refractivity contribution < 1.29 is 47.7 Å². The molecule has 0 aliphatic carbocycles. The number of hydrogen-bond acceptors (Lipinski definition) is 11. The van der Waals surface area contributed by atoms with Gasteiger partial charge in [0, 0.05) is 13.3 Å². The van der Waals surface area contributed by atoms with Gasteiger partial charge in [-0.05, 0) is 50.7 Å². The molecular weight excluding hydrogens is 536 g/mol. The first-order valence-corrected chi connectivity index (χ1v) is 13.0. The normalized spacial score (nSPS) is 12.2. The maximum Gasteiger partial charge on any atom is 0.410 e. The van der Waals surface area contributed by atoms with Crippen molar-refractivity contribution in [1.29, 1.82) is 0 Å². The molecule has 0 heterocycles. The zero-order chi connectivity index (χ0) is 30.5. The van der Waals surface area contributed by atoms with Gasteiger partial charge in [0.1, 0.15) is 6.04 Å². The van der Waals surface area contributed by atoms with Crippen LogP contribution in [-0.2, 0) is 35.0 Å². The van der Waals surface area contributed by atoms with Crippen molar-refractivity contribution in [3.8, 4) is 11.5 Å². The predicted molar refractivity (Wildman–Crippen MR) is 146 cm³/mol. The Labute approximate surface area is 238 Å². The van der Waals surface area contributed by atoms with Gasteiger partial charge in [0.05, 0.1) is 24.1 Å². The van der Waals surface area contributed by atoms with E-state index in [0.29, 0.717) is 5.56 Å². The summed E-state index contributed by atoms with van der Waals surface area (Å²) in [4.78, 5) is 62.0. The first-order valence-electron chi connectivity index (χ1n) is 13.0. The predicted octanol–water partition coefficient (Wildman–Crippen LogP) is 3.16. The van der Waals surface area contributed by atoms with Crippen LogP contribution in [0, 0.1) is 5.92 Å². The van der Waals surface area contributed by atoms with E-state index in [4.69, 9.17) is 23.7 Å². The Kier molecular flexibility index (Phi) is 12.8. The molecule has 2 aromatic rings. The Morgan fingerprint density at radius 1 is 0.780 bits per heavy atom. The van der Waals surface area contributed by atoms with Crippen LogP contribution in [0.2, 0.25) is 0 Å². The summed E-state index contributed by atoms with van der Waals surface area (Å²) in [6.45, 7) is 7.80. The average Bonchev–Trinajstić information content (AvgIpc) is 2.89. The summed E-state index contributed by atoms with van der Waals surface area (Å²) in [6.07, 6.45) is -2.81. The monoisotopic (exact) mass is 572 g/mol. The van der Waals surface area contributed by atoms with Gasteiger partial charge in [-0.3, -0.25) is 9.59 Å². The highest BCUT2D eigenvalue weighted by atomic mass is 16.7. The topological polar surface area (TPSA) is 156 Å². The van der Waals surface area contributed by atoms with Gasteiger partial charge in [0.25, 0.3) is 0 Å². The summed E-state index contributed by atoms with van der Waals surface area (Å²) in [5.41, 5.74) is 0.721. The van der Waals surface area contributed by atoms with Crippen molar-refractivity contribution >= 4 is 30.0 Å². The second kappa shape index (κ2) is 16.0. The van der Waals surface area contributed by atoms with Crippen LogP contribution in [0.1, 0.15) is 50.5 Å². The van der Waals surface area contributed by atoms with E-state index in [1.807, 2.05) is 0 Å². The van der Waals surface area contributed by atoms with Crippen molar-refractivity contribution in [2.45, 2.75) is 59.5 Å². The molecule has 2 N–H and O–H groups in total. The van der Waals surface area contributed by atoms with Gasteiger partial charge in [-0.1, -0.05) is 38.1 Å². The summed E-state index contributed by atoms with van der Waals surface area (Å²) in [5.74, 6) is -3.15. The average molecular weight is 573 g/mol. The van der Waals surface area contributed by atoms with Crippen LogP contribution in [0.15, 0.2) is 48.5 Å². The number of amides is 1. The Morgan fingerprint density at radius 3 is 2.07 bits per heavy atom. The molecule has 0 saturated carbocycles. The summed E-state index contributed by atoms with van der Waals surface area (Å²) in [6, 6.07) is 11.4. The Balaban J connectivity index is 2.28. The van der Waals surface area contributed by atoms with E-state index in [-0.39, 0.29) is 30.0 Å². The van der Waals surface area contributed by atoms with Crippen LogP contribution < -0.4 is 20.1 Å². The molecular formula is C29H36N2O10. The van der Waals surface area contributed by atoms with E-state index in [0.717, 1.165) is 0 Å². The highest BCUT2D eigenvalue weighted by molar-refractivity contribution is 5.91. The second-order valence-electron chi connectivity index (χ2n) is 9.49. The van der Waals surface area contributed by atoms with E-state index >= 15 is 0 Å². The zero-order valence-corrected chi connectivity index (χ0v) is 23.9. The van der Waals surface area contributed by atoms with Gasteiger partial charge in [-0.15, -0.1) is 0 Å². The fourth-order valence-corrected chi connectivity index (χ4v) is 3.27. The van der Waals surface area contributed by atoms with E-state index in [2.05, 4.69) is 10.6 Å². The van der Waals surface area contributed by atoms with Crippen molar-refractivity contribution in [2.75, 3.05) is 13.6 Å². The molecule has 12 heteroatoms. The summed E-state index contributed by atoms with van der Waals surface area (Å²) >= 11 is 0. The van der Waals surface area contributed by atoms with Crippen molar-refractivity contribution in [2.24, 2.45) is 5.92 Å². The number of likely N-dealkylation sites (N-methyl/N-ethyl adjacent to an activating group) is 1. The van der Waals surface area contributed by atoms with E-state index in [9.17, 15) is 24.0 Å². The number of carbonyl (C=O) groups excluding carboxylic acids is 5. The van der Waals surface area contributed by atoms with Crippen LogP contribution in [-0.4, -0.2) is 62.0 Å². The second-order valence-corrected chi connectivity index (χ2v) is 9.49. The van der Waals surface area contributed by atoms with Gasteiger partial charge in [0.2, 0.25) is 6.29 Å². The summed E-state index contributed by atoms with van der Waals surface area (Å²) in [7, 11) is 1.56. The smallest absolute Gasteiger partial charge is 0.410 e. The molecule has 41 heavy (non-hydrogen) atoms. The molecule has 2 aromatic carbocycles. The number of rotatable bonds is 13. The number of carbonyl (C=O) groups is 5. The van der Waals surface area contributed by atoms with Crippen LogP contribution in [0.25, 0.3) is 0 Å². The molecule has 2 atom stereocenters. The summed E-state index contributed by atoms with van der Waals surface area (Å²) in [5, 5.41) is 5.10. The first kappa shape index (κ1) is 32.8. The maximum absolute atomic E-state index is 12.8. The lowest BCUT2D eigenvalue weighted by Gasteiger charge is -2.21. The molecule has 1 amide bonds. The Hall–Kier alpha value is -4.45. The first-order chi connectivity index (χ1) is 19.4. The van der Waals surface area contributed by atoms with Crippen molar-refractivity contribution in [3.63, 3.8) is 0 Å². The molecule has 0 aromatic heterocycles. The van der Waals surface area contributed by atoms with E-state index in [1.54, 1.807) is 71.1 Å². The fraction of sp³-hybridized carbons (Fsp3) is 0.414. The zero-order valence-electron chi connectivity index (χ0n) is 23.9. The lowest BCUT2D eigenvalue weighted by Crippen LogP contribution is -2.45. The highest BCUT2D eigenvalue weighted by Gasteiger charge is 2.27. The third kappa shape index (κ3) is 11.3. The maximum atomic E-state index is 12.8. The highest BCUT2D eigenvalue weighted by Crippen LogP contribution is 2.30. The van der Waals surface area contributed by atoms with Gasteiger partial charge < -0.3 is 34.3 Å². The lowest BCUT2D eigenvalue weighted by molar-refractivity contribution is -0.169. The third-order valence-electron chi connectivity index (χ3n) is 5.16. The molecule has 1 unspecified atom stereocenters. The molecule has 0 spiro atoms. The minimum absolute atomic E-state index is 0.0264. The molecule has 0 aliphatic heterocycles. The van der Waals surface area contributed by atoms with E-state index in [1.165, 1.54) is 19.1 Å². The number of esters is 4. The number of benzene rings is 2. The minimum Gasteiger partial charge on any atom is -0.461 e. The largest absolute Gasteiger partial charge is 0.461 e. The molecule has 222 valence electrons. The Morgan fingerprint density at radius 2 is 1.46 bits per heavy atom. The van der Waals surface area contributed by atoms with Gasteiger partial charge in [-0.25, -0.2) is 14.4 Å². The minimum atomic E-state index is -1.23. The molecule has 12 nitrogen and oxygen atoms in total. The molecule has 0 aliphatic rings. The van der Waals surface area contributed by atoms with Gasteiger partial charge in [0.15, 0.2) is 11.5 Å². The summed E-state index contributed by atoms with van der Waals surface area (Å²) < 4.78 is 26.2. The quantitative estimate of drug-likeness (QED) is 0.206. The SMILES string of the molecule is CNCC(=O)Oc1cc(C[C@H](NC(=O)OC(C)OC(=O)C(C)C)C(=O)OC(C)C)ccc1OC(=O)c1ccccc1. The molecule has 0 fully saturated rings. The Bertz CT molecular complexity index is 1210. The van der Waals surface area contributed by atoms with Crippen molar-refractivity contribution in [1.82, 2.24) is 10.6 Å². The lowest BCUT2D eigenvalue weighted by atomic mass is 10.1. The fourth-order valence-electron chi connectivity index (χ4n) is 3.27. The van der Waals surface area contributed by atoms with Crippen LogP contribution in [0.3, 0.4) is 0 Å². The number of nitrogens with one attached hydrogen (secondary N) is 2. The van der Waals surface area contributed by atoms with E-state index < -0.39 is 54.3 Å². The van der Waals surface area contributed by atoms with Gasteiger partial charge in [-0.2, -0.15) is 0 Å². The van der Waals surface area contributed by atoms with Crippen LogP contribution in [0.4, 0.5) is 4.79 Å². The third-order valence-corrected chi connectivity index (χ3v) is 5.16. The molecule has 0 bridgehead atoms. The molecule has 2 rings (SSSR count). The standard InChI is InChI=1S/C29H36N2O10/c1-17(2)26(33)38-19(5)39-29(36)31-22(28(35)37-18(3)4)14-20-12-13-23(24(15-20)40-25(32)16-30-6)41-27(34)21-10-8-7-9-11-21/h7-13,15,17-19,22,30H,14,16H2,1-6H3,(H,31,36)/t19?,22-/m0/s1. The van der Waals surface area contributed by atoms with Crippen LogP contribution >= 0.6 is 0 Å². The number of ether oxygens (including phenoxy) is 5. The molecule has 0 saturated heterocycles. The number of alkyl carbamates (subject to hydrolysis) is 1. The molecule has 0 radical (unpaired) electrons. The van der Waals surface area contributed by atoms with Gasteiger partial charge >= 0.3 is 30.0 Å². The van der Waals surface area contributed by atoms with Crippen molar-refractivity contribution in [3.05, 3.63) is 59.7 Å². The number of hydrogen-bond donors (Lipinski definition) is 2. The van der Waals surface area contributed by atoms with Crippen LogP contribution in [0.5, 0.6) is 11.5 Å².